The van der Waals surface area contributed by atoms with Crippen molar-refractivity contribution in [3.63, 3.8) is 0 Å². The molecule has 7 nitrogen and oxygen atoms in total. The van der Waals surface area contributed by atoms with Crippen molar-refractivity contribution in [2.45, 2.75) is 44.6 Å². The highest BCUT2D eigenvalue weighted by Crippen LogP contribution is 2.34. The molecule has 44 heavy (non-hydrogen) atoms. The molecular weight excluding hydrogens is 572 g/mol. The van der Waals surface area contributed by atoms with E-state index in [1.165, 1.54) is 35.9 Å². The Morgan fingerprint density at radius 2 is 1.30 bits per heavy atom. The second kappa shape index (κ2) is 14.0. The normalized spacial score (nSPS) is 12.4. The monoisotopic (exact) mass is 608 g/mol. The molecule has 2 N–H and O–H groups in total. The molecule has 8 heteroatoms. The Kier molecular flexibility index (Phi) is 10.2. The molecule has 0 atom stereocenters. The fraction of sp³-hybridized carbons (Fsp3) is 0.167. The minimum atomic E-state index is -4.13. The Hall–Kier alpha value is -4.95. The molecule has 0 aliphatic rings. The van der Waals surface area contributed by atoms with Crippen molar-refractivity contribution in [2.75, 3.05) is 5.32 Å². The molecule has 0 fully saturated rings. The number of allylic oxidation sites excluding steroid dienone is 1. The summed E-state index contributed by atoms with van der Waals surface area (Å²) in [5.74, 6) is -0.785. The molecule has 0 spiro atoms. The van der Waals surface area contributed by atoms with E-state index >= 15 is 0 Å². The molecule has 4 aromatic carbocycles. The van der Waals surface area contributed by atoms with E-state index in [2.05, 4.69) is 41.2 Å². The molecule has 0 heterocycles. The third-order valence-corrected chi connectivity index (χ3v) is 7.87. The van der Waals surface area contributed by atoms with Gasteiger partial charge >= 0.3 is 6.09 Å². The van der Waals surface area contributed by atoms with Gasteiger partial charge in [-0.05, 0) is 90.9 Å². The Labute approximate surface area is 259 Å². The number of hydrogen-bond donors (Lipinski definition) is 2. The predicted molar refractivity (Wildman–Crippen MR) is 176 cm³/mol. The van der Waals surface area contributed by atoms with Crippen LogP contribution in [0.25, 0.3) is 17.2 Å². The van der Waals surface area contributed by atoms with Crippen LogP contribution in [0.3, 0.4) is 0 Å². The maximum Gasteiger partial charge on any atom is 0.412 e. The second-order valence-electron chi connectivity index (χ2n) is 11.0. The first-order valence-electron chi connectivity index (χ1n) is 14.2. The molecule has 0 radical (unpaired) electrons. The molecule has 0 saturated carbocycles. The van der Waals surface area contributed by atoms with Crippen molar-refractivity contribution in [1.29, 1.82) is 0 Å². The standard InChI is InChI=1S/C36H36N2O5S/c1-5-32(27-12-8-6-9-13-27)34(28-14-10-7-11-15-28)29-19-16-26(17-20-29)18-25-33(39)38-44(41,42)31-23-21-30(22-24-31)37-35(40)43-36(2,3)4/h6-25H,5H2,1-4H3,(H,37,40)(H,38,39)/b25-18+,34-32-. The van der Waals surface area contributed by atoms with Crippen molar-refractivity contribution in [3.05, 3.63) is 138 Å². The predicted octanol–water partition coefficient (Wildman–Crippen LogP) is 7.92. The van der Waals surface area contributed by atoms with Gasteiger partial charge in [-0.1, -0.05) is 91.9 Å². The Morgan fingerprint density at radius 1 is 0.750 bits per heavy atom. The summed E-state index contributed by atoms with van der Waals surface area (Å²) < 4.78 is 32.8. The van der Waals surface area contributed by atoms with Gasteiger partial charge in [0, 0.05) is 11.8 Å². The van der Waals surface area contributed by atoms with Gasteiger partial charge in [0.1, 0.15) is 5.60 Å². The highest BCUT2D eigenvalue weighted by atomic mass is 32.2. The van der Waals surface area contributed by atoms with Crippen LogP contribution < -0.4 is 10.0 Å². The molecule has 226 valence electrons. The SMILES string of the molecule is CC/C(=C(\c1ccccc1)c1ccc(/C=C/C(=O)NS(=O)(=O)c2ccc(NC(=O)OC(C)(C)C)cc2)cc1)c1ccccc1. The molecule has 0 aliphatic carbocycles. The number of anilines is 1. The number of amides is 2. The van der Waals surface area contributed by atoms with Gasteiger partial charge in [0.15, 0.2) is 0 Å². The van der Waals surface area contributed by atoms with Gasteiger partial charge in [0.2, 0.25) is 0 Å². The zero-order chi connectivity index (χ0) is 31.7. The molecule has 4 rings (SSSR count). The van der Waals surface area contributed by atoms with E-state index in [0.717, 1.165) is 34.2 Å². The first-order valence-corrected chi connectivity index (χ1v) is 15.7. The zero-order valence-electron chi connectivity index (χ0n) is 25.2. The average molecular weight is 609 g/mol. The van der Waals surface area contributed by atoms with Crippen LogP contribution in [0, 0.1) is 0 Å². The molecule has 0 aliphatic heterocycles. The lowest BCUT2D eigenvalue weighted by molar-refractivity contribution is -0.114. The van der Waals surface area contributed by atoms with Crippen LogP contribution in [0.4, 0.5) is 10.5 Å². The van der Waals surface area contributed by atoms with Crippen LogP contribution in [-0.2, 0) is 19.6 Å². The molecule has 2 amide bonds. The molecule has 4 aromatic rings. The molecule has 0 saturated heterocycles. The van der Waals surface area contributed by atoms with E-state index < -0.39 is 27.6 Å². The summed E-state index contributed by atoms with van der Waals surface area (Å²) in [7, 11) is -4.13. The fourth-order valence-corrected chi connectivity index (χ4v) is 5.53. The maximum atomic E-state index is 12.8. The summed E-state index contributed by atoms with van der Waals surface area (Å²) in [5.41, 5.74) is 6.07. The maximum absolute atomic E-state index is 12.8. The summed E-state index contributed by atoms with van der Waals surface area (Å²) in [6, 6.07) is 33.7. The number of benzene rings is 4. The summed E-state index contributed by atoms with van der Waals surface area (Å²) in [4.78, 5) is 24.4. The summed E-state index contributed by atoms with van der Waals surface area (Å²) in [6.45, 7) is 7.36. The number of sulfonamides is 1. The van der Waals surface area contributed by atoms with E-state index in [-0.39, 0.29) is 4.90 Å². The second-order valence-corrected chi connectivity index (χ2v) is 12.7. The summed E-state index contributed by atoms with van der Waals surface area (Å²) in [6.07, 6.45) is 2.93. The molecule has 0 bridgehead atoms. The minimum absolute atomic E-state index is 0.122. The summed E-state index contributed by atoms with van der Waals surface area (Å²) in [5, 5.41) is 2.54. The van der Waals surface area contributed by atoms with Gasteiger partial charge in [-0.3, -0.25) is 10.1 Å². The fourth-order valence-electron chi connectivity index (χ4n) is 4.58. The topological polar surface area (TPSA) is 102 Å². The first kappa shape index (κ1) is 32.0. The van der Waals surface area contributed by atoms with Crippen molar-refractivity contribution in [1.82, 2.24) is 4.72 Å². The quantitative estimate of drug-likeness (QED) is 0.148. The molecule has 0 unspecified atom stereocenters. The van der Waals surface area contributed by atoms with E-state index in [1.807, 2.05) is 60.7 Å². The van der Waals surface area contributed by atoms with Crippen molar-refractivity contribution in [2.24, 2.45) is 0 Å². The molecular formula is C36H36N2O5S. The highest BCUT2D eigenvalue weighted by Gasteiger charge is 2.19. The van der Waals surface area contributed by atoms with Crippen LogP contribution >= 0.6 is 0 Å². The van der Waals surface area contributed by atoms with Gasteiger partial charge in [-0.25, -0.2) is 17.9 Å². The number of hydrogen-bond acceptors (Lipinski definition) is 5. The first-order chi connectivity index (χ1) is 20.9. The number of ether oxygens (including phenoxy) is 1. The van der Waals surface area contributed by atoms with Gasteiger partial charge < -0.3 is 4.74 Å². The van der Waals surface area contributed by atoms with Crippen LogP contribution in [0.5, 0.6) is 0 Å². The van der Waals surface area contributed by atoms with E-state index in [4.69, 9.17) is 4.74 Å². The Balaban J connectivity index is 1.47. The van der Waals surface area contributed by atoms with Crippen LogP contribution in [-0.4, -0.2) is 26.0 Å². The van der Waals surface area contributed by atoms with E-state index in [0.29, 0.717) is 5.69 Å². The highest BCUT2D eigenvalue weighted by molar-refractivity contribution is 7.90. The van der Waals surface area contributed by atoms with Gasteiger partial charge in [-0.2, -0.15) is 0 Å². The summed E-state index contributed by atoms with van der Waals surface area (Å²) >= 11 is 0. The van der Waals surface area contributed by atoms with Gasteiger partial charge in [0.25, 0.3) is 15.9 Å². The lowest BCUT2D eigenvalue weighted by Crippen LogP contribution is -2.29. The smallest absolute Gasteiger partial charge is 0.412 e. The van der Waals surface area contributed by atoms with Crippen LogP contribution in [0.2, 0.25) is 0 Å². The minimum Gasteiger partial charge on any atom is -0.444 e. The van der Waals surface area contributed by atoms with Crippen LogP contribution in [0.1, 0.15) is 56.4 Å². The largest absolute Gasteiger partial charge is 0.444 e. The number of nitrogens with one attached hydrogen (secondary N) is 2. The lowest BCUT2D eigenvalue weighted by Gasteiger charge is -2.19. The van der Waals surface area contributed by atoms with Crippen molar-refractivity contribution < 1.29 is 22.7 Å². The number of carbonyl (C=O) groups is 2. The number of carbonyl (C=O) groups excluding carboxylic acids is 2. The average Bonchev–Trinajstić information content (AvgIpc) is 2.99. The van der Waals surface area contributed by atoms with Gasteiger partial charge in [0.05, 0.1) is 4.90 Å². The third kappa shape index (κ3) is 8.78. The third-order valence-electron chi connectivity index (χ3n) is 6.51. The number of rotatable bonds is 9. The van der Waals surface area contributed by atoms with E-state index in [9.17, 15) is 18.0 Å². The van der Waals surface area contributed by atoms with Gasteiger partial charge in [-0.15, -0.1) is 0 Å². The van der Waals surface area contributed by atoms with Crippen molar-refractivity contribution >= 4 is 44.9 Å². The molecule has 0 aromatic heterocycles. The zero-order valence-corrected chi connectivity index (χ0v) is 26.0. The van der Waals surface area contributed by atoms with E-state index in [1.54, 1.807) is 26.8 Å². The Morgan fingerprint density at radius 3 is 1.84 bits per heavy atom. The van der Waals surface area contributed by atoms with Crippen LogP contribution in [0.15, 0.2) is 120 Å². The van der Waals surface area contributed by atoms with Crippen molar-refractivity contribution in [3.8, 4) is 0 Å². The Bertz CT molecular complexity index is 1750. The lowest BCUT2D eigenvalue weighted by atomic mass is 9.88.